The van der Waals surface area contributed by atoms with Gasteiger partial charge in [0.2, 0.25) is 0 Å². The monoisotopic (exact) mass is 230 g/mol. The van der Waals surface area contributed by atoms with Gasteiger partial charge < -0.3 is 5.73 Å². The third-order valence-electron chi connectivity index (χ3n) is 2.65. The first kappa shape index (κ1) is 9.35. The molecule has 2 N–H and O–H groups in total. The zero-order valence-corrected chi connectivity index (χ0v) is 9.53. The van der Waals surface area contributed by atoms with E-state index in [0.29, 0.717) is 5.82 Å². The van der Waals surface area contributed by atoms with Crippen molar-refractivity contribution in [3.63, 3.8) is 0 Å². The van der Waals surface area contributed by atoms with Crippen LogP contribution in [-0.4, -0.2) is 14.2 Å². The Morgan fingerprint density at radius 3 is 2.94 bits per heavy atom. The molecule has 3 rings (SSSR count). The number of aromatic nitrogens is 3. The minimum Gasteiger partial charge on any atom is -0.383 e. The summed E-state index contributed by atoms with van der Waals surface area (Å²) in [6.07, 6.45) is 3.66. The fraction of sp³-hybridized carbons (Fsp3) is 0.0909. The predicted molar refractivity (Wildman–Crippen MR) is 66.2 cm³/mol. The SMILES string of the molecule is Cn1ncc(-c2ccc3sncc3c2)c1N. The molecule has 16 heavy (non-hydrogen) atoms. The summed E-state index contributed by atoms with van der Waals surface area (Å²) in [7, 11) is 1.84. The van der Waals surface area contributed by atoms with E-state index in [1.807, 2.05) is 19.3 Å². The number of rotatable bonds is 1. The molecule has 0 saturated carbocycles. The van der Waals surface area contributed by atoms with Gasteiger partial charge in [0.15, 0.2) is 0 Å². The molecule has 0 atom stereocenters. The number of benzene rings is 1. The third kappa shape index (κ3) is 1.29. The number of aryl methyl sites for hydroxylation is 1. The molecular formula is C11H10N4S. The van der Waals surface area contributed by atoms with Crippen LogP contribution in [0.2, 0.25) is 0 Å². The largest absolute Gasteiger partial charge is 0.383 e. The van der Waals surface area contributed by atoms with Gasteiger partial charge in [-0.15, -0.1) is 0 Å². The molecule has 0 aliphatic heterocycles. The molecule has 0 spiro atoms. The van der Waals surface area contributed by atoms with Crippen LogP contribution in [0.3, 0.4) is 0 Å². The summed E-state index contributed by atoms with van der Waals surface area (Å²) in [6.45, 7) is 0. The van der Waals surface area contributed by atoms with E-state index in [-0.39, 0.29) is 0 Å². The summed E-state index contributed by atoms with van der Waals surface area (Å²) >= 11 is 1.50. The molecule has 1 aromatic carbocycles. The Morgan fingerprint density at radius 2 is 2.19 bits per heavy atom. The minimum atomic E-state index is 0.683. The highest BCUT2D eigenvalue weighted by Gasteiger charge is 2.08. The number of fused-ring (bicyclic) bond motifs is 1. The van der Waals surface area contributed by atoms with Crippen molar-refractivity contribution < 1.29 is 0 Å². The van der Waals surface area contributed by atoms with Crippen molar-refractivity contribution >= 4 is 27.4 Å². The van der Waals surface area contributed by atoms with Crippen molar-refractivity contribution in [2.75, 3.05) is 5.73 Å². The van der Waals surface area contributed by atoms with Crippen LogP contribution < -0.4 is 5.73 Å². The molecule has 0 radical (unpaired) electrons. The molecule has 2 aromatic heterocycles. The molecule has 0 bridgehead atoms. The molecular weight excluding hydrogens is 220 g/mol. The fourth-order valence-electron chi connectivity index (χ4n) is 1.71. The van der Waals surface area contributed by atoms with Crippen molar-refractivity contribution in [2.45, 2.75) is 0 Å². The second-order valence-corrected chi connectivity index (χ2v) is 4.48. The van der Waals surface area contributed by atoms with E-state index in [2.05, 4.69) is 21.6 Å². The highest BCUT2D eigenvalue weighted by Crippen LogP contribution is 2.29. The molecule has 0 fully saturated rings. The van der Waals surface area contributed by atoms with Gasteiger partial charge in [-0.3, -0.25) is 4.68 Å². The Balaban J connectivity index is 2.21. The summed E-state index contributed by atoms with van der Waals surface area (Å²) < 4.78 is 7.01. The zero-order valence-electron chi connectivity index (χ0n) is 8.71. The van der Waals surface area contributed by atoms with Crippen LogP contribution in [0, 0.1) is 0 Å². The number of nitrogens with two attached hydrogens (primary N) is 1. The molecule has 0 unspecified atom stereocenters. The topological polar surface area (TPSA) is 56.7 Å². The van der Waals surface area contributed by atoms with Gasteiger partial charge in [0, 0.05) is 24.2 Å². The first-order chi connectivity index (χ1) is 7.75. The van der Waals surface area contributed by atoms with E-state index in [4.69, 9.17) is 5.73 Å². The Kier molecular flexibility index (Phi) is 1.94. The van der Waals surface area contributed by atoms with Crippen LogP contribution in [0.1, 0.15) is 0 Å². The lowest BCUT2D eigenvalue weighted by molar-refractivity contribution is 0.779. The number of anilines is 1. The maximum atomic E-state index is 5.94. The standard InChI is InChI=1S/C11H10N4S/c1-15-11(12)9(6-13-15)7-2-3-10-8(4-7)5-14-16-10/h2-6H,12H2,1H3. The first-order valence-corrected chi connectivity index (χ1v) is 5.65. The Hall–Kier alpha value is -1.88. The van der Waals surface area contributed by atoms with Crippen LogP contribution in [-0.2, 0) is 7.05 Å². The molecule has 0 aliphatic carbocycles. The normalized spacial score (nSPS) is 11.1. The average Bonchev–Trinajstić information content (AvgIpc) is 2.86. The lowest BCUT2D eigenvalue weighted by Gasteiger charge is -2.00. The maximum absolute atomic E-state index is 5.94. The van der Waals surface area contributed by atoms with Crippen molar-refractivity contribution in [2.24, 2.45) is 7.05 Å². The van der Waals surface area contributed by atoms with Crippen LogP contribution >= 0.6 is 11.5 Å². The van der Waals surface area contributed by atoms with E-state index in [9.17, 15) is 0 Å². The first-order valence-electron chi connectivity index (χ1n) is 4.88. The molecule has 80 valence electrons. The summed E-state index contributed by atoms with van der Waals surface area (Å²) in [5, 5.41) is 5.28. The van der Waals surface area contributed by atoms with Crippen LogP contribution in [0.15, 0.2) is 30.6 Å². The predicted octanol–water partition coefficient (Wildman–Crippen LogP) is 2.28. The van der Waals surface area contributed by atoms with Crippen molar-refractivity contribution in [3.05, 3.63) is 30.6 Å². The zero-order chi connectivity index (χ0) is 11.1. The van der Waals surface area contributed by atoms with E-state index in [1.165, 1.54) is 16.2 Å². The van der Waals surface area contributed by atoms with E-state index < -0.39 is 0 Å². The summed E-state index contributed by atoms with van der Waals surface area (Å²) in [5.74, 6) is 0.683. The fourth-order valence-corrected chi connectivity index (χ4v) is 2.34. The van der Waals surface area contributed by atoms with Gasteiger partial charge in [-0.05, 0) is 29.2 Å². The van der Waals surface area contributed by atoms with Crippen LogP contribution in [0.5, 0.6) is 0 Å². The number of nitrogen functional groups attached to an aromatic ring is 1. The third-order valence-corrected chi connectivity index (χ3v) is 3.43. The summed E-state index contributed by atoms with van der Waals surface area (Å²) in [4.78, 5) is 0. The molecule has 3 aromatic rings. The molecule has 4 nitrogen and oxygen atoms in total. The number of hydrogen-bond acceptors (Lipinski definition) is 4. The highest BCUT2D eigenvalue weighted by atomic mass is 32.1. The van der Waals surface area contributed by atoms with Crippen LogP contribution in [0.4, 0.5) is 5.82 Å². The molecule has 0 aliphatic rings. The Labute approximate surface area is 96.5 Å². The van der Waals surface area contributed by atoms with Gasteiger partial charge in [-0.25, -0.2) is 0 Å². The Bertz CT molecular complexity index is 653. The van der Waals surface area contributed by atoms with Gasteiger partial charge in [0.05, 0.1) is 10.9 Å². The second-order valence-electron chi connectivity index (χ2n) is 3.65. The minimum absolute atomic E-state index is 0.683. The molecule has 0 saturated heterocycles. The van der Waals surface area contributed by atoms with E-state index in [0.717, 1.165) is 16.5 Å². The van der Waals surface area contributed by atoms with E-state index in [1.54, 1.807) is 10.9 Å². The lowest BCUT2D eigenvalue weighted by atomic mass is 10.1. The van der Waals surface area contributed by atoms with Crippen molar-refractivity contribution in [1.82, 2.24) is 14.2 Å². The molecule has 5 heteroatoms. The summed E-state index contributed by atoms with van der Waals surface area (Å²) in [6, 6.07) is 6.20. The smallest absolute Gasteiger partial charge is 0.129 e. The van der Waals surface area contributed by atoms with Gasteiger partial charge in [-0.2, -0.15) is 9.47 Å². The van der Waals surface area contributed by atoms with Gasteiger partial charge in [-0.1, -0.05) is 6.07 Å². The number of hydrogen-bond donors (Lipinski definition) is 1. The lowest BCUT2D eigenvalue weighted by Crippen LogP contribution is -1.97. The summed E-state index contributed by atoms with van der Waals surface area (Å²) in [5.41, 5.74) is 7.99. The van der Waals surface area contributed by atoms with Gasteiger partial charge in [0.1, 0.15) is 5.82 Å². The quantitative estimate of drug-likeness (QED) is 0.697. The van der Waals surface area contributed by atoms with Gasteiger partial charge in [0.25, 0.3) is 0 Å². The average molecular weight is 230 g/mol. The maximum Gasteiger partial charge on any atom is 0.129 e. The Morgan fingerprint density at radius 1 is 1.31 bits per heavy atom. The number of nitrogens with zero attached hydrogens (tertiary/aromatic N) is 3. The van der Waals surface area contributed by atoms with E-state index >= 15 is 0 Å². The van der Waals surface area contributed by atoms with Crippen LogP contribution in [0.25, 0.3) is 21.2 Å². The highest BCUT2D eigenvalue weighted by molar-refractivity contribution is 7.13. The second kappa shape index (κ2) is 3.31. The van der Waals surface area contributed by atoms with Gasteiger partial charge >= 0.3 is 0 Å². The van der Waals surface area contributed by atoms with Crippen molar-refractivity contribution in [3.8, 4) is 11.1 Å². The van der Waals surface area contributed by atoms with Crippen molar-refractivity contribution in [1.29, 1.82) is 0 Å². The molecule has 2 heterocycles. The molecule has 0 amide bonds.